The number of para-hydroxylation sites is 2. The molecule has 0 radical (unpaired) electrons. The van der Waals surface area contributed by atoms with E-state index in [9.17, 15) is 13.2 Å². The Morgan fingerprint density at radius 1 is 1.21 bits per heavy atom. The summed E-state index contributed by atoms with van der Waals surface area (Å²) in [5.41, 5.74) is 3.02. The van der Waals surface area contributed by atoms with Gasteiger partial charge in [-0.05, 0) is 50.6 Å². The van der Waals surface area contributed by atoms with Crippen LogP contribution in [0.2, 0.25) is 0 Å². The quantitative estimate of drug-likeness (QED) is 0.512. The third-order valence-electron chi connectivity index (χ3n) is 5.63. The molecule has 2 heterocycles. The van der Waals surface area contributed by atoms with Gasteiger partial charge >= 0.3 is 0 Å². The van der Waals surface area contributed by atoms with Crippen molar-refractivity contribution in [1.29, 1.82) is 0 Å². The maximum Gasteiger partial charge on any atom is 0.243 e. The molecule has 1 saturated heterocycles. The Bertz CT molecular complexity index is 1270. The molecule has 0 saturated carbocycles. The molecule has 8 nitrogen and oxygen atoms in total. The molecule has 1 amide bonds. The van der Waals surface area contributed by atoms with E-state index >= 15 is 0 Å². The van der Waals surface area contributed by atoms with Crippen molar-refractivity contribution in [2.45, 2.75) is 42.6 Å². The summed E-state index contributed by atoms with van der Waals surface area (Å²) in [6.45, 7) is 7.78. The number of sulfonamides is 1. The summed E-state index contributed by atoms with van der Waals surface area (Å²) in [5.74, 6) is -0.215. The van der Waals surface area contributed by atoms with Crippen LogP contribution in [0.5, 0.6) is 0 Å². The van der Waals surface area contributed by atoms with Crippen LogP contribution in [0, 0.1) is 6.92 Å². The highest BCUT2D eigenvalue weighted by Gasteiger charge is 2.28. The molecule has 1 unspecified atom stereocenters. The fraction of sp³-hybridized carbons (Fsp3) is 0.391. The number of anilines is 1. The third-order valence-corrected chi connectivity index (χ3v) is 8.76. The molecule has 3 aromatic rings. The van der Waals surface area contributed by atoms with Gasteiger partial charge in [0.15, 0.2) is 5.16 Å². The molecule has 1 aliphatic heterocycles. The number of imidazole rings is 1. The lowest BCUT2D eigenvalue weighted by Crippen LogP contribution is -2.40. The molecule has 0 spiro atoms. The standard InChI is InChI=1S/C23H28N4O4S2/c1-4-27-20-8-6-5-7-19(20)25-23(27)32-17(3)22(28)24-18-10-9-16(2)21(15-18)33(29,30)26-11-13-31-14-12-26/h5-10,15,17H,4,11-14H2,1-3H3,(H,24,28). The fourth-order valence-corrected chi connectivity index (χ4v) is 6.43. The Morgan fingerprint density at radius 2 is 1.94 bits per heavy atom. The van der Waals surface area contributed by atoms with Gasteiger partial charge in [0.2, 0.25) is 15.9 Å². The average Bonchev–Trinajstić information content (AvgIpc) is 3.17. The monoisotopic (exact) mass is 488 g/mol. The first-order valence-corrected chi connectivity index (χ1v) is 13.2. The van der Waals surface area contributed by atoms with Crippen molar-refractivity contribution in [2.24, 2.45) is 0 Å². The van der Waals surface area contributed by atoms with E-state index in [4.69, 9.17) is 4.74 Å². The molecule has 0 aliphatic carbocycles. The number of nitrogens with zero attached hydrogens (tertiary/aromatic N) is 3. The number of nitrogens with one attached hydrogen (secondary N) is 1. The molecule has 4 rings (SSSR count). The van der Waals surface area contributed by atoms with Crippen LogP contribution in [0.1, 0.15) is 19.4 Å². The van der Waals surface area contributed by atoms with Gasteiger partial charge in [0.05, 0.1) is 34.4 Å². The van der Waals surface area contributed by atoms with Gasteiger partial charge in [0, 0.05) is 25.3 Å². The highest BCUT2D eigenvalue weighted by atomic mass is 32.2. The second-order valence-electron chi connectivity index (χ2n) is 7.87. The molecule has 1 N–H and O–H groups in total. The minimum atomic E-state index is -3.66. The van der Waals surface area contributed by atoms with Gasteiger partial charge in [0.1, 0.15) is 0 Å². The van der Waals surface area contributed by atoms with E-state index in [1.54, 1.807) is 19.1 Å². The number of aryl methyl sites for hydroxylation is 2. The maximum atomic E-state index is 13.1. The number of hydrogen-bond donors (Lipinski definition) is 1. The Kier molecular flexibility index (Phi) is 7.08. The Balaban J connectivity index is 1.51. The summed E-state index contributed by atoms with van der Waals surface area (Å²) in [5, 5.41) is 3.23. The van der Waals surface area contributed by atoms with Crippen molar-refractivity contribution in [3.8, 4) is 0 Å². The number of morpholine rings is 1. The van der Waals surface area contributed by atoms with Crippen LogP contribution in [0.4, 0.5) is 5.69 Å². The molecule has 1 fully saturated rings. The molecule has 1 aliphatic rings. The average molecular weight is 489 g/mol. The van der Waals surface area contributed by atoms with Crippen molar-refractivity contribution in [1.82, 2.24) is 13.9 Å². The van der Waals surface area contributed by atoms with E-state index in [2.05, 4.69) is 14.9 Å². The van der Waals surface area contributed by atoms with Crippen molar-refractivity contribution in [2.75, 3.05) is 31.6 Å². The lowest BCUT2D eigenvalue weighted by atomic mass is 10.2. The summed E-state index contributed by atoms with van der Waals surface area (Å²) in [4.78, 5) is 17.8. The summed E-state index contributed by atoms with van der Waals surface area (Å²) in [7, 11) is -3.66. The number of rotatable bonds is 7. The number of aromatic nitrogens is 2. The maximum absolute atomic E-state index is 13.1. The van der Waals surface area contributed by atoms with E-state index in [1.165, 1.54) is 22.1 Å². The molecular formula is C23H28N4O4S2. The zero-order chi connectivity index (χ0) is 23.6. The second-order valence-corrected chi connectivity index (χ2v) is 11.1. The normalized spacial score (nSPS) is 16.1. The van der Waals surface area contributed by atoms with E-state index in [-0.39, 0.29) is 10.8 Å². The summed E-state index contributed by atoms with van der Waals surface area (Å²) in [6.07, 6.45) is 0. The predicted octanol–water partition coefficient (Wildman–Crippen LogP) is 3.50. The molecular weight excluding hydrogens is 460 g/mol. The van der Waals surface area contributed by atoms with Gasteiger partial charge in [0.25, 0.3) is 0 Å². The molecule has 2 aromatic carbocycles. The zero-order valence-corrected chi connectivity index (χ0v) is 20.6. The van der Waals surface area contributed by atoms with Gasteiger partial charge in [-0.3, -0.25) is 4.79 Å². The lowest BCUT2D eigenvalue weighted by Gasteiger charge is -2.27. The van der Waals surface area contributed by atoms with Gasteiger partial charge in [-0.1, -0.05) is 30.0 Å². The van der Waals surface area contributed by atoms with Crippen LogP contribution < -0.4 is 5.32 Å². The lowest BCUT2D eigenvalue weighted by molar-refractivity contribution is -0.115. The van der Waals surface area contributed by atoms with Gasteiger partial charge < -0.3 is 14.6 Å². The van der Waals surface area contributed by atoms with Crippen molar-refractivity contribution >= 4 is 44.4 Å². The molecule has 1 aromatic heterocycles. The van der Waals surface area contributed by atoms with Crippen molar-refractivity contribution in [3.63, 3.8) is 0 Å². The number of carbonyl (C=O) groups excluding carboxylic acids is 1. The van der Waals surface area contributed by atoms with Gasteiger partial charge in [-0.2, -0.15) is 4.31 Å². The van der Waals surface area contributed by atoms with Crippen molar-refractivity contribution < 1.29 is 17.9 Å². The fourth-order valence-electron chi connectivity index (χ4n) is 3.79. The number of benzene rings is 2. The van der Waals surface area contributed by atoms with E-state index in [0.717, 1.165) is 22.7 Å². The number of ether oxygens (including phenoxy) is 1. The predicted molar refractivity (Wildman–Crippen MR) is 130 cm³/mol. The molecule has 0 bridgehead atoms. The van der Waals surface area contributed by atoms with Crippen LogP contribution in [0.3, 0.4) is 0 Å². The second kappa shape index (κ2) is 9.84. The highest BCUT2D eigenvalue weighted by molar-refractivity contribution is 8.00. The van der Waals surface area contributed by atoms with E-state index in [0.29, 0.717) is 37.6 Å². The van der Waals surface area contributed by atoms with Crippen LogP contribution in [0.25, 0.3) is 11.0 Å². The van der Waals surface area contributed by atoms with E-state index in [1.807, 2.05) is 38.1 Å². The van der Waals surface area contributed by atoms with Crippen LogP contribution in [-0.2, 0) is 26.1 Å². The highest BCUT2D eigenvalue weighted by Crippen LogP contribution is 2.29. The Morgan fingerprint density at radius 3 is 2.67 bits per heavy atom. The summed E-state index contributed by atoms with van der Waals surface area (Å²) < 4.78 is 35.0. The number of fused-ring (bicyclic) bond motifs is 1. The molecule has 33 heavy (non-hydrogen) atoms. The first-order valence-electron chi connectivity index (χ1n) is 10.9. The zero-order valence-electron chi connectivity index (χ0n) is 18.9. The Labute approximate surface area is 198 Å². The minimum absolute atomic E-state index is 0.204. The van der Waals surface area contributed by atoms with Crippen LogP contribution >= 0.6 is 11.8 Å². The molecule has 1 atom stereocenters. The topological polar surface area (TPSA) is 93.5 Å². The summed E-state index contributed by atoms with van der Waals surface area (Å²) in [6, 6.07) is 12.9. The third kappa shape index (κ3) is 4.93. The first-order chi connectivity index (χ1) is 15.8. The number of thioether (sulfide) groups is 1. The largest absolute Gasteiger partial charge is 0.379 e. The molecule has 10 heteroatoms. The Hall–Kier alpha value is -2.40. The number of carbonyl (C=O) groups is 1. The van der Waals surface area contributed by atoms with Gasteiger partial charge in [-0.15, -0.1) is 0 Å². The molecule has 176 valence electrons. The number of amides is 1. The van der Waals surface area contributed by atoms with Crippen LogP contribution in [0.15, 0.2) is 52.5 Å². The van der Waals surface area contributed by atoms with Crippen molar-refractivity contribution in [3.05, 3.63) is 48.0 Å². The smallest absolute Gasteiger partial charge is 0.243 e. The first kappa shape index (κ1) is 23.7. The van der Waals surface area contributed by atoms with Crippen LogP contribution in [-0.4, -0.2) is 59.7 Å². The summed E-state index contributed by atoms with van der Waals surface area (Å²) >= 11 is 1.38. The van der Waals surface area contributed by atoms with E-state index < -0.39 is 15.3 Å². The minimum Gasteiger partial charge on any atom is -0.379 e. The SMILES string of the molecule is CCn1c(SC(C)C(=O)Nc2ccc(C)c(S(=O)(=O)N3CCOCC3)c2)nc2ccccc21. The van der Waals surface area contributed by atoms with Gasteiger partial charge in [-0.25, -0.2) is 13.4 Å². The number of hydrogen-bond acceptors (Lipinski definition) is 6.